The van der Waals surface area contributed by atoms with Crippen molar-refractivity contribution >= 4 is 9.84 Å². The molecule has 1 saturated carbocycles. The molecule has 0 spiro atoms. The minimum absolute atomic E-state index is 0.346. The van der Waals surface area contributed by atoms with Gasteiger partial charge in [0.15, 0.2) is 0 Å². The van der Waals surface area contributed by atoms with Crippen LogP contribution in [0.4, 0.5) is 0 Å². The average molecular weight is 219 g/mol. The summed E-state index contributed by atoms with van der Waals surface area (Å²) in [6, 6.07) is 0. The SMILES string of the molecule is CNCC1(CCCS(C)(=O)=O)CCC1. The Morgan fingerprint density at radius 3 is 2.36 bits per heavy atom. The van der Waals surface area contributed by atoms with Crippen molar-refractivity contribution in [3.05, 3.63) is 0 Å². The highest BCUT2D eigenvalue weighted by molar-refractivity contribution is 7.90. The molecule has 1 aliphatic carbocycles. The molecule has 0 atom stereocenters. The Balaban J connectivity index is 2.28. The van der Waals surface area contributed by atoms with E-state index in [1.165, 1.54) is 25.5 Å². The Labute approximate surface area is 87.2 Å². The van der Waals surface area contributed by atoms with Crippen LogP contribution in [0.2, 0.25) is 0 Å². The van der Waals surface area contributed by atoms with E-state index in [-0.39, 0.29) is 0 Å². The molecule has 1 fully saturated rings. The quantitative estimate of drug-likeness (QED) is 0.730. The van der Waals surface area contributed by atoms with E-state index in [4.69, 9.17) is 0 Å². The van der Waals surface area contributed by atoms with E-state index < -0.39 is 9.84 Å². The molecular weight excluding hydrogens is 198 g/mol. The Bertz CT molecular complexity index is 268. The van der Waals surface area contributed by atoms with Crippen LogP contribution in [-0.4, -0.2) is 34.0 Å². The molecule has 0 radical (unpaired) electrons. The van der Waals surface area contributed by atoms with Gasteiger partial charge in [-0.05, 0) is 38.1 Å². The number of nitrogens with one attached hydrogen (secondary N) is 1. The number of hydrogen-bond donors (Lipinski definition) is 1. The lowest BCUT2D eigenvalue weighted by Gasteiger charge is -2.42. The maximum absolute atomic E-state index is 11.0. The molecule has 0 aromatic carbocycles. The predicted octanol–water partition coefficient (Wildman–Crippen LogP) is 1.20. The van der Waals surface area contributed by atoms with Crippen molar-refractivity contribution in [1.29, 1.82) is 0 Å². The third-order valence-corrected chi connectivity index (χ3v) is 4.22. The average Bonchev–Trinajstić information content (AvgIpc) is 1.97. The van der Waals surface area contributed by atoms with Gasteiger partial charge in [0.25, 0.3) is 0 Å². The fourth-order valence-electron chi connectivity index (χ4n) is 2.28. The lowest BCUT2D eigenvalue weighted by molar-refractivity contribution is 0.119. The summed E-state index contributed by atoms with van der Waals surface area (Å²) >= 11 is 0. The van der Waals surface area contributed by atoms with Crippen LogP contribution in [0.1, 0.15) is 32.1 Å². The van der Waals surface area contributed by atoms with Crippen LogP contribution in [0.25, 0.3) is 0 Å². The summed E-state index contributed by atoms with van der Waals surface area (Å²) in [4.78, 5) is 0. The fraction of sp³-hybridized carbons (Fsp3) is 1.00. The smallest absolute Gasteiger partial charge is 0.147 e. The van der Waals surface area contributed by atoms with Gasteiger partial charge >= 0.3 is 0 Å². The molecule has 0 bridgehead atoms. The summed E-state index contributed by atoms with van der Waals surface area (Å²) in [7, 11) is -0.797. The van der Waals surface area contributed by atoms with Crippen molar-refractivity contribution in [1.82, 2.24) is 5.32 Å². The van der Waals surface area contributed by atoms with Crippen LogP contribution in [0, 0.1) is 5.41 Å². The second-order valence-corrected chi connectivity index (χ2v) is 6.88. The van der Waals surface area contributed by atoms with E-state index >= 15 is 0 Å². The Morgan fingerprint density at radius 2 is 2.00 bits per heavy atom. The number of rotatable bonds is 6. The molecule has 1 N–H and O–H groups in total. The first-order valence-electron chi connectivity index (χ1n) is 5.30. The van der Waals surface area contributed by atoms with Crippen LogP contribution in [-0.2, 0) is 9.84 Å². The summed E-state index contributed by atoms with van der Waals surface area (Å²) in [5, 5.41) is 3.21. The Morgan fingerprint density at radius 1 is 1.36 bits per heavy atom. The van der Waals surface area contributed by atoms with Gasteiger partial charge in [0, 0.05) is 18.6 Å². The van der Waals surface area contributed by atoms with Crippen molar-refractivity contribution < 1.29 is 8.42 Å². The third kappa shape index (κ3) is 3.58. The molecule has 3 nitrogen and oxygen atoms in total. The van der Waals surface area contributed by atoms with Crippen molar-refractivity contribution in [3.63, 3.8) is 0 Å². The molecule has 1 rings (SSSR count). The van der Waals surface area contributed by atoms with Crippen LogP contribution < -0.4 is 5.32 Å². The van der Waals surface area contributed by atoms with Gasteiger partial charge in [0.05, 0.1) is 0 Å². The van der Waals surface area contributed by atoms with Gasteiger partial charge in [-0.1, -0.05) is 6.42 Å². The number of sulfone groups is 1. The first-order chi connectivity index (χ1) is 6.47. The summed E-state index contributed by atoms with van der Waals surface area (Å²) in [5.41, 5.74) is 0.416. The first-order valence-corrected chi connectivity index (χ1v) is 7.36. The van der Waals surface area contributed by atoms with Gasteiger partial charge in [-0.15, -0.1) is 0 Å². The Hall–Kier alpha value is -0.0900. The molecule has 4 heteroatoms. The van der Waals surface area contributed by atoms with Gasteiger partial charge in [0.2, 0.25) is 0 Å². The normalized spacial score (nSPS) is 20.4. The molecular formula is C10H21NO2S. The maximum Gasteiger partial charge on any atom is 0.147 e. The van der Waals surface area contributed by atoms with E-state index in [1.807, 2.05) is 7.05 Å². The molecule has 0 saturated heterocycles. The Kier molecular flexibility index (Phi) is 3.95. The van der Waals surface area contributed by atoms with E-state index in [2.05, 4.69) is 5.32 Å². The van der Waals surface area contributed by atoms with Crippen molar-refractivity contribution in [2.45, 2.75) is 32.1 Å². The van der Waals surface area contributed by atoms with E-state index in [1.54, 1.807) is 0 Å². The highest BCUT2D eigenvalue weighted by atomic mass is 32.2. The molecule has 0 aliphatic heterocycles. The van der Waals surface area contributed by atoms with Gasteiger partial charge < -0.3 is 5.32 Å². The molecule has 0 aromatic rings. The van der Waals surface area contributed by atoms with Gasteiger partial charge in [-0.2, -0.15) is 0 Å². The predicted molar refractivity (Wildman–Crippen MR) is 59.2 cm³/mol. The molecule has 0 unspecified atom stereocenters. The summed E-state index contributed by atoms with van der Waals surface area (Å²) in [6.07, 6.45) is 7.02. The highest BCUT2D eigenvalue weighted by Gasteiger charge is 2.35. The summed E-state index contributed by atoms with van der Waals surface area (Å²) < 4.78 is 21.9. The van der Waals surface area contributed by atoms with E-state index in [0.717, 1.165) is 19.4 Å². The zero-order valence-corrected chi connectivity index (χ0v) is 9.99. The lowest BCUT2D eigenvalue weighted by atomic mass is 9.66. The highest BCUT2D eigenvalue weighted by Crippen LogP contribution is 2.44. The van der Waals surface area contributed by atoms with Gasteiger partial charge in [-0.25, -0.2) is 8.42 Å². The van der Waals surface area contributed by atoms with Crippen molar-refractivity contribution in [3.8, 4) is 0 Å². The maximum atomic E-state index is 11.0. The second-order valence-electron chi connectivity index (χ2n) is 4.62. The van der Waals surface area contributed by atoms with Gasteiger partial charge in [0.1, 0.15) is 9.84 Å². The van der Waals surface area contributed by atoms with Crippen LogP contribution >= 0.6 is 0 Å². The standard InChI is InChI=1S/C10H21NO2S/c1-11-9-10(5-3-6-10)7-4-8-14(2,12)13/h11H,3-9H2,1-2H3. The minimum Gasteiger partial charge on any atom is -0.319 e. The summed E-state index contributed by atoms with van der Waals surface area (Å²) in [6.45, 7) is 1.04. The van der Waals surface area contributed by atoms with Crippen LogP contribution in [0.3, 0.4) is 0 Å². The largest absolute Gasteiger partial charge is 0.319 e. The number of hydrogen-bond acceptors (Lipinski definition) is 3. The monoisotopic (exact) mass is 219 g/mol. The first kappa shape index (κ1) is 12.0. The van der Waals surface area contributed by atoms with E-state index in [9.17, 15) is 8.42 Å². The second kappa shape index (κ2) is 4.62. The molecule has 14 heavy (non-hydrogen) atoms. The molecule has 1 aliphatic rings. The molecule has 84 valence electrons. The summed E-state index contributed by atoms with van der Waals surface area (Å²) in [5.74, 6) is 0.346. The zero-order chi connectivity index (χ0) is 10.7. The minimum atomic E-state index is -2.77. The lowest BCUT2D eigenvalue weighted by Crippen LogP contribution is -2.38. The fourth-order valence-corrected chi connectivity index (χ4v) is 2.95. The third-order valence-electron chi connectivity index (χ3n) is 3.19. The van der Waals surface area contributed by atoms with E-state index in [0.29, 0.717) is 11.2 Å². The molecule has 0 heterocycles. The van der Waals surface area contributed by atoms with Crippen LogP contribution in [0.5, 0.6) is 0 Å². The molecule has 0 amide bonds. The van der Waals surface area contributed by atoms with Crippen LogP contribution in [0.15, 0.2) is 0 Å². The van der Waals surface area contributed by atoms with Gasteiger partial charge in [-0.3, -0.25) is 0 Å². The van der Waals surface area contributed by atoms with Crippen molar-refractivity contribution in [2.24, 2.45) is 5.41 Å². The zero-order valence-electron chi connectivity index (χ0n) is 9.17. The van der Waals surface area contributed by atoms with Crippen molar-refractivity contribution in [2.75, 3.05) is 25.6 Å². The topological polar surface area (TPSA) is 46.2 Å². The molecule has 0 aromatic heterocycles.